The van der Waals surface area contributed by atoms with Crippen molar-refractivity contribution in [2.45, 2.75) is 44.8 Å². The second-order valence-electron chi connectivity index (χ2n) is 8.04. The average molecular weight is 389 g/mol. The molecule has 28 heavy (non-hydrogen) atoms. The van der Waals surface area contributed by atoms with Gasteiger partial charge in [-0.05, 0) is 29.9 Å². The number of likely N-dealkylation sites (tertiary alicyclic amines) is 1. The van der Waals surface area contributed by atoms with Gasteiger partial charge >= 0.3 is 6.09 Å². The molecule has 2 amide bonds. The summed E-state index contributed by atoms with van der Waals surface area (Å²) >= 11 is 0. The summed E-state index contributed by atoms with van der Waals surface area (Å²) in [6.07, 6.45) is 0.920. The zero-order valence-electron chi connectivity index (χ0n) is 16.8. The number of aliphatic hydroxyl groups is 1. The van der Waals surface area contributed by atoms with Gasteiger partial charge in [-0.1, -0.05) is 38.1 Å². The van der Waals surface area contributed by atoms with Gasteiger partial charge in [-0.3, -0.25) is 4.79 Å². The number of hydrogen-bond acceptors (Lipinski definition) is 5. The van der Waals surface area contributed by atoms with Crippen molar-refractivity contribution in [2.75, 3.05) is 39.3 Å². The molecule has 0 bridgehead atoms. The van der Waals surface area contributed by atoms with E-state index in [0.717, 1.165) is 12.0 Å². The third kappa shape index (κ3) is 4.83. The third-order valence-electron chi connectivity index (χ3n) is 5.54. The number of carbonyl (C=O) groups is 2. The van der Waals surface area contributed by atoms with E-state index in [9.17, 15) is 14.7 Å². The maximum Gasteiger partial charge on any atom is 0.409 e. The van der Waals surface area contributed by atoms with Crippen LogP contribution in [0.2, 0.25) is 0 Å². The molecule has 2 saturated heterocycles. The molecule has 7 heteroatoms. The van der Waals surface area contributed by atoms with Crippen LogP contribution >= 0.6 is 0 Å². The van der Waals surface area contributed by atoms with Crippen LogP contribution in [0.4, 0.5) is 4.79 Å². The van der Waals surface area contributed by atoms with E-state index in [4.69, 9.17) is 4.74 Å². The van der Waals surface area contributed by atoms with E-state index in [1.165, 1.54) is 5.56 Å². The van der Waals surface area contributed by atoms with Gasteiger partial charge in [0, 0.05) is 32.7 Å². The number of piperidine rings is 1. The molecule has 1 aromatic carbocycles. The Morgan fingerprint density at radius 2 is 1.93 bits per heavy atom. The molecule has 0 unspecified atom stereocenters. The van der Waals surface area contributed by atoms with Crippen molar-refractivity contribution in [3.8, 4) is 0 Å². The van der Waals surface area contributed by atoms with Gasteiger partial charge in [-0.25, -0.2) is 4.79 Å². The molecular weight excluding hydrogens is 358 g/mol. The number of rotatable bonds is 8. The molecule has 0 spiro atoms. The van der Waals surface area contributed by atoms with Crippen LogP contribution in [-0.4, -0.2) is 71.8 Å². The SMILES string of the molecule is CC(C)c1ccc(CN2CCC[C@@](O)(CNCCN3CCOC3=O)C2=O)cc1. The van der Waals surface area contributed by atoms with E-state index >= 15 is 0 Å². The Hall–Kier alpha value is -2.12. The fourth-order valence-corrected chi connectivity index (χ4v) is 3.75. The molecule has 2 aliphatic heterocycles. The summed E-state index contributed by atoms with van der Waals surface area (Å²) in [6.45, 7) is 7.72. The predicted molar refractivity (Wildman–Crippen MR) is 106 cm³/mol. The second-order valence-corrected chi connectivity index (χ2v) is 8.04. The van der Waals surface area contributed by atoms with Crippen molar-refractivity contribution in [1.82, 2.24) is 15.1 Å². The second kappa shape index (κ2) is 8.92. The normalized spacial score (nSPS) is 22.9. The summed E-state index contributed by atoms with van der Waals surface area (Å²) in [5.74, 6) is 0.254. The lowest BCUT2D eigenvalue weighted by Crippen LogP contribution is -2.58. The Labute approximate surface area is 166 Å². The Morgan fingerprint density at radius 3 is 2.57 bits per heavy atom. The van der Waals surface area contributed by atoms with Gasteiger partial charge < -0.3 is 25.0 Å². The molecule has 0 saturated carbocycles. The number of cyclic esters (lactones) is 1. The maximum atomic E-state index is 12.9. The molecule has 0 aliphatic carbocycles. The van der Waals surface area contributed by atoms with Crippen LogP contribution < -0.4 is 5.32 Å². The van der Waals surface area contributed by atoms with Gasteiger partial charge in [0.1, 0.15) is 6.61 Å². The smallest absolute Gasteiger partial charge is 0.409 e. The molecule has 3 rings (SSSR count). The van der Waals surface area contributed by atoms with Crippen LogP contribution in [0.1, 0.15) is 43.7 Å². The van der Waals surface area contributed by atoms with Crippen LogP contribution in [0.3, 0.4) is 0 Å². The van der Waals surface area contributed by atoms with Crippen LogP contribution in [0.5, 0.6) is 0 Å². The van der Waals surface area contributed by atoms with Crippen molar-refractivity contribution in [3.63, 3.8) is 0 Å². The first-order chi connectivity index (χ1) is 13.4. The lowest BCUT2D eigenvalue weighted by Gasteiger charge is -2.38. The summed E-state index contributed by atoms with van der Waals surface area (Å²) < 4.78 is 4.89. The number of ether oxygens (including phenoxy) is 1. The quantitative estimate of drug-likeness (QED) is 0.662. The molecule has 1 atom stereocenters. The molecule has 2 fully saturated rings. The minimum absolute atomic E-state index is 0.192. The van der Waals surface area contributed by atoms with E-state index in [1.807, 2.05) is 0 Å². The molecule has 1 aromatic rings. The summed E-state index contributed by atoms with van der Waals surface area (Å²) in [4.78, 5) is 27.7. The van der Waals surface area contributed by atoms with Crippen molar-refractivity contribution in [2.24, 2.45) is 0 Å². The van der Waals surface area contributed by atoms with Crippen LogP contribution in [0.25, 0.3) is 0 Å². The zero-order chi connectivity index (χ0) is 20.1. The Balaban J connectivity index is 1.51. The summed E-state index contributed by atoms with van der Waals surface area (Å²) in [5.41, 5.74) is 0.959. The number of amides is 2. The number of benzene rings is 1. The van der Waals surface area contributed by atoms with Crippen LogP contribution in [0, 0.1) is 0 Å². The molecule has 7 nitrogen and oxygen atoms in total. The Morgan fingerprint density at radius 1 is 1.18 bits per heavy atom. The first-order valence-corrected chi connectivity index (χ1v) is 10.1. The van der Waals surface area contributed by atoms with Crippen molar-refractivity contribution >= 4 is 12.0 Å². The zero-order valence-corrected chi connectivity index (χ0v) is 16.8. The van der Waals surface area contributed by atoms with Gasteiger partial charge in [0.15, 0.2) is 5.60 Å². The van der Waals surface area contributed by atoms with Crippen molar-refractivity contribution < 1.29 is 19.4 Å². The average Bonchev–Trinajstić information content (AvgIpc) is 3.08. The summed E-state index contributed by atoms with van der Waals surface area (Å²) in [6, 6.07) is 8.32. The van der Waals surface area contributed by atoms with Crippen molar-refractivity contribution in [3.05, 3.63) is 35.4 Å². The summed E-state index contributed by atoms with van der Waals surface area (Å²) in [5, 5.41) is 14.0. The van der Waals surface area contributed by atoms with Gasteiger partial charge in [0.05, 0.1) is 6.54 Å². The maximum absolute atomic E-state index is 12.9. The first-order valence-electron chi connectivity index (χ1n) is 10.1. The lowest BCUT2D eigenvalue weighted by atomic mass is 9.91. The van der Waals surface area contributed by atoms with E-state index in [-0.39, 0.29) is 18.5 Å². The van der Waals surface area contributed by atoms with Crippen LogP contribution in [-0.2, 0) is 16.1 Å². The molecule has 0 radical (unpaired) electrons. The van der Waals surface area contributed by atoms with Gasteiger partial charge in [-0.15, -0.1) is 0 Å². The van der Waals surface area contributed by atoms with E-state index in [1.54, 1.807) is 9.80 Å². The van der Waals surface area contributed by atoms with E-state index < -0.39 is 5.60 Å². The van der Waals surface area contributed by atoms with E-state index in [2.05, 4.69) is 43.4 Å². The molecular formula is C21H31N3O4. The number of nitrogens with one attached hydrogen (secondary N) is 1. The van der Waals surface area contributed by atoms with Gasteiger partial charge in [-0.2, -0.15) is 0 Å². The topological polar surface area (TPSA) is 82.1 Å². The standard InChI is InChI=1S/C21H31N3O4/c1-16(2)18-6-4-17(5-7-18)14-24-10-3-8-21(27,19(24)25)15-22-9-11-23-12-13-28-20(23)26/h4-7,16,22,27H,3,8-15H2,1-2H3/t21-/m1/s1. The highest BCUT2D eigenvalue weighted by Gasteiger charge is 2.41. The molecule has 2 N–H and O–H groups in total. The first kappa shape index (κ1) is 20.6. The molecule has 0 aromatic heterocycles. The van der Waals surface area contributed by atoms with Gasteiger partial charge in [0.2, 0.25) is 0 Å². The minimum Gasteiger partial charge on any atom is -0.448 e. The predicted octanol–water partition coefficient (Wildman–Crippen LogP) is 1.71. The van der Waals surface area contributed by atoms with Crippen molar-refractivity contribution in [1.29, 1.82) is 0 Å². The highest BCUT2D eigenvalue weighted by atomic mass is 16.6. The Bertz CT molecular complexity index is 691. The third-order valence-corrected chi connectivity index (χ3v) is 5.54. The fraction of sp³-hybridized carbons (Fsp3) is 0.619. The van der Waals surface area contributed by atoms with E-state index in [0.29, 0.717) is 51.7 Å². The largest absolute Gasteiger partial charge is 0.448 e. The number of nitrogens with zero attached hydrogens (tertiary/aromatic N) is 2. The molecule has 154 valence electrons. The molecule has 2 heterocycles. The molecule has 2 aliphatic rings. The summed E-state index contributed by atoms with van der Waals surface area (Å²) in [7, 11) is 0. The monoisotopic (exact) mass is 389 g/mol. The lowest BCUT2D eigenvalue weighted by molar-refractivity contribution is -0.157. The number of hydrogen-bond donors (Lipinski definition) is 2. The highest BCUT2D eigenvalue weighted by Crippen LogP contribution is 2.24. The number of carbonyl (C=O) groups excluding carboxylic acids is 2. The van der Waals surface area contributed by atoms with Crippen LogP contribution in [0.15, 0.2) is 24.3 Å². The fourth-order valence-electron chi connectivity index (χ4n) is 3.75. The highest BCUT2D eigenvalue weighted by molar-refractivity contribution is 5.86. The van der Waals surface area contributed by atoms with Gasteiger partial charge in [0.25, 0.3) is 5.91 Å². The minimum atomic E-state index is -1.39. The Kier molecular flexibility index (Phi) is 6.57.